The molecule has 2 fully saturated rings. The molecular weight excluding hydrogens is 480 g/mol. The van der Waals surface area contributed by atoms with Crippen LogP contribution < -0.4 is 5.32 Å². The Labute approximate surface area is 211 Å². The fourth-order valence-corrected chi connectivity index (χ4v) is 7.91. The van der Waals surface area contributed by atoms with Gasteiger partial charge in [0.25, 0.3) is 0 Å². The van der Waals surface area contributed by atoms with Crippen molar-refractivity contribution in [1.29, 1.82) is 0 Å². The summed E-state index contributed by atoms with van der Waals surface area (Å²) in [6.07, 6.45) is -0.859. The Morgan fingerprint density at radius 3 is 2.28 bits per heavy atom. The number of ether oxygens (including phenoxy) is 2. The fourth-order valence-electron chi connectivity index (χ4n) is 6.14. The van der Waals surface area contributed by atoms with E-state index in [9.17, 15) is 18.0 Å². The van der Waals surface area contributed by atoms with Gasteiger partial charge in [0.1, 0.15) is 6.17 Å². The topological polar surface area (TPSA) is 102 Å². The van der Waals surface area contributed by atoms with Crippen LogP contribution in [0.5, 0.6) is 0 Å². The molecule has 36 heavy (non-hydrogen) atoms. The van der Waals surface area contributed by atoms with E-state index in [1.54, 1.807) is 38.1 Å². The molecule has 1 unspecified atom stereocenters. The van der Waals surface area contributed by atoms with Gasteiger partial charge < -0.3 is 14.8 Å². The number of fused-ring (bicyclic) bond motifs is 2. The molecule has 1 spiro atoms. The van der Waals surface area contributed by atoms with Crippen LogP contribution in [0.4, 0.5) is 5.69 Å². The van der Waals surface area contributed by atoms with Crippen molar-refractivity contribution in [2.75, 3.05) is 18.5 Å². The van der Waals surface area contributed by atoms with E-state index >= 15 is 0 Å². The number of carbonyl (C=O) groups excluding carboxylic acids is 2. The molecule has 190 valence electrons. The summed E-state index contributed by atoms with van der Waals surface area (Å²) in [6.45, 7) is 9.78. The molecule has 2 aromatic carbocycles. The monoisotopic (exact) mass is 510 g/mol. The van der Waals surface area contributed by atoms with E-state index in [1.807, 2.05) is 31.2 Å². The highest BCUT2D eigenvalue weighted by molar-refractivity contribution is 7.89. The zero-order valence-corrected chi connectivity index (χ0v) is 21.4. The molecule has 1 saturated heterocycles. The normalized spacial score (nSPS) is 26.0. The van der Waals surface area contributed by atoms with Crippen LogP contribution in [0, 0.1) is 12.3 Å². The number of esters is 2. The predicted octanol–water partition coefficient (Wildman–Crippen LogP) is 3.52. The number of nitrogens with zero attached hydrogens (tertiary/aromatic N) is 1. The fraction of sp³-hybridized carbons (Fsp3) is 0.407. The molecule has 2 aromatic rings. The van der Waals surface area contributed by atoms with Crippen LogP contribution in [0.2, 0.25) is 0 Å². The Kier molecular flexibility index (Phi) is 5.76. The Morgan fingerprint density at radius 2 is 1.67 bits per heavy atom. The van der Waals surface area contributed by atoms with E-state index in [0.717, 1.165) is 16.8 Å². The summed E-state index contributed by atoms with van der Waals surface area (Å²) in [7, 11) is -4.04. The van der Waals surface area contributed by atoms with Crippen LogP contribution >= 0.6 is 0 Å². The van der Waals surface area contributed by atoms with Crippen LogP contribution in [0.3, 0.4) is 0 Å². The third-order valence-electron chi connectivity index (χ3n) is 7.75. The van der Waals surface area contributed by atoms with Crippen LogP contribution in [-0.4, -0.2) is 50.1 Å². The van der Waals surface area contributed by atoms with Crippen molar-refractivity contribution >= 4 is 27.6 Å². The van der Waals surface area contributed by atoms with Gasteiger partial charge in [0.05, 0.1) is 29.6 Å². The van der Waals surface area contributed by atoms with Crippen molar-refractivity contribution in [3.8, 4) is 0 Å². The van der Waals surface area contributed by atoms with Crippen molar-refractivity contribution in [1.82, 2.24) is 4.31 Å². The van der Waals surface area contributed by atoms with Crippen LogP contribution in [-0.2, 0) is 34.5 Å². The first-order valence-electron chi connectivity index (χ1n) is 12.1. The number of sulfonamides is 1. The van der Waals surface area contributed by atoms with Gasteiger partial charge in [-0.1, -0.05) is 42.5 Å². The average Bonchev–Trinajstić information content (AvgIpc) is 3.21. The number of aryl methyl sites for hydroxylation is 1. The maximum absolute atomic E-state index is 14.1. The van der Waals surface area contributed by atoms with Gasteiger partial charge in [-0.3, -0.25) is 9.59 Å². The Bertz CT molecular complexity index is 1330. The van der Waals surface area contributed by atoms with Gasteiger partial charge in [-0.2, -0.15) is 4.31 Å². The summed E-state index contributed by atoms with van der Waals surface area (Å²) < 4.78 is 40.5. The van der Waals surface area contributed by atoms with Gasteiger partial charge in [-0.25, -0.2) is 8.42 Å². The third kappa shape index (κ3) is 3.18. The molecule has 5 rings (SSSR count). The summed E-state index contributed by atoms with van der Waals surface area (Å²) >= 11 is 0. The molecular formula is C27H30N2O6S. The van der Waals surface area contributed by atoms with Crippen molar-refractivity contribution < 1.29 is 27.5 Å². The number of anilines is 1. The number of benzene rings is 2. The predicted molar refractivity (Wildman–Crippen MR) is 134 cm³/mol. The first-order valence-corrected chi connectivity index (χ1v) is 13.6. The van der Waals surface area contributed by atoms with E-state index in [1.165, 1.54) is 4.31 Å². The van der Waals surface area contributed by atoms with Crippen molar-refractivity contribution in [2.45, 2.75) is 56.1 Å². The van der Waals surface area contributed by atoms with Crippen molar-refractivity contribution in [3.05, 3.63) is 71.8 Å². The number of hydrogen-bond acceptors (Lipinski definition) is 7. The maximum atomic E-state index is 14.1. The van der Waals surface area contributed by atoms with E-state index in [-0.39, 0.29) is 31.0 Å². The van der Waals surface area contributed by atoms with E-state index in [2.05, 4.69) is 11.9 Å². The standard InChI is InChI=1S/C27H30N2O6S/c1-5-34-24(30)26(25(31)35-6-2)15-22-18(4)27(16-26)20-9-7-8-10-21(20)28-23(27)29(22)36(32,33)19-13-11-17(3)12-14-19/h7-14,22-23,28H,4-6,15-16H2,1-3H3/t22-,23-,27?/m0/s1. The van der Waals surface area contributed by atoms with Gasteiger partial charge >= 0.3 is 11.9 Å². The molecule has 2 heterocycles. The van der Waals surface area contributed by atoms with Gasteiger partial charge in [0.15, 0.2) is 5.41 Å². The quantitative estimate of drug-likeness (QED) is 0.360. The number of nitrogens with one attached hydrogen (secondary N) is 1. The number of rotatable bonds is 6. The zero-order valence-electron chi connectivity index (χ0n) is 20.6. The molecule has 3 aliphatic rings. The molecule has 1 saturated carbocycles. The lowest BCUT2D eigenvalue weighted by Gasteiger charge is -2.43. The molecule has 0 radical (unpaired) electrons. The third-order valence-corrected chi connectivity index (χ3v) is 9.64. The SMILES string of the molecule is C=C1[C@@H]2CC(C(=O)OCC)(C(=O)OCC)CC13c1ccccc1N[C@H]3N2S(=O)(=O)c1ccc(C)cc1. The highest BCUT2D eigenvalue weighted by atomic mass is 32.2. The molecule has 9 heteroatoms. The summed E-state index contributed by atoms with van der Waals surface area (Å²) in [4.78, 5) is 27.1. The first kappa shape index (κ1) is 24.5. The van der Waals surface area contributed by atoms with Gasteiger partial charge in [-0.15, -0.1) is 0 Å². The van der Waals surface area contributed by atoms with Crippen molar-refractivity contribution in [3.63, 3.8) is 0 Å². The minimum absolute atomic E-state index is 0.00159. The van der Waals surface area contributed by atoms with E-state index in [4.69, 9.17) is 9.47 Å². The minimum Gasteiger partial charge on any atom is -0.465 e. The molecule has 2 aliphatic heterocycles. The molecule has 8 nitrogen and oxygen atoms in total. The maximum Gasteiger partial charge on any atom is 0.323 e. The van der Waals surface area contributed by atoms with Crippen LogP contribution in [0.1, 0.15) is 37.8 Å². The molecule has 2 bridgehead atoms. The lowest BCUT2D eigenvalue weighted by molar-refractivity contribution is -0.175. The lowest BCUT2D eigenvalue weighted by atomic mass is 9.58. The van der Waals surface area contributed by atoms with Gasteiger partial charge in [0, 0.05) is 5.69 Å². The van der Waals surface area contributed by atoms with E-state index in [0.29, 0.717) is 5.57 Å². The van der Waals surface area contributed by atoms with Crippen LogP contribution in [0.25, 0.3) is 0 Å². The Balaban J connectivity index is 1.74. The number of para-hydroxylation sites is 1. The summed E-state index contributed by atoms with van der Waals surface area (Å²) in [5.41, 5.74) is 0.456. The summed E-state index contributed by atoms with van der Waals surface area (Å²) in [6, 6.07) is 13.3. The van der Waals surface area contributed by atoms with E-state index < -0.39 is 45.0 Å². The molecule has 0 aromatic heterocycles. The Morgan fingerprint density at radius 1 is 1.06 bits per heavy atom. The first-order chi connectivity index (χ1) is 17.1. The molecule has 1 N–H and O–H groups in total. The summed E-state index contributed by atoms with van der Waals surface area (Å²) in [5.74, 6) is -1.39. The molecule has 1 aliphatic carbocycles. The second-order valence-corrected chi connectivity index (χ2v) is 11.5. The minimum atomic E-state index is -4.04. The second kappa shape index (κ2) is 8.45. The lowest BCUT2D eigenvalue weighted by Crippen LogP contribution is -2.53. The van der Waals surface area contributed by atoms with Gasteiger partial charge in [0.2, 0.25) is 10.0 Å². The highest BCUT2D eigenvalue weighted by Crippen LogP contribution is 2.64. The smallest absolute Gasteiger partial charge is 0.323 e. The summed E-state index contributed by atoms with van der Waals surface area (Å²) in [5, 5.41) is 3.39. The largest absolute Gasteiger partial charge is 0.465 e. The highest BCUT2D eigenvalue weighted by Gasteiger charge is 2.72. The second-order valence-electron chi connectivity index (χ2n) is 9.66. The number of carbonyl (C=O) groups is 2. The van der Waals surface area contributed by atoms with Crippen molar-refractivity contribution in [2.24, 2.45) is 5.41 Å². The van der Waals surface area contributed by atoms with Crippen LogP contribution in [0.15, 0.2) is 65.6 Å². The molecule has 0 amide bonds. The van der Waals surface area contributed by atoms with Gasteiger partial charge in [-0.05, 0) is 62.9 Å². The Hall–Kier alpha value is -3.17. The average molecular weight is 511 g/mol. The molecule has 3 atom stereocenters. The number of hydrogen-bond donors (Lipinski definition) is 1. The zero-order chi connectivity index (χ0) is 25.9.